The van der Waals surface area contributed by atoms with Crippen molar-refractivity contribution < 1.29 is 4.79 Å². The molecule has 0 saturated heterocycles. The van der Waals surface area contributed by atoms with E-state index >= 15 is 0 Å². The Hall–Kier alpha value is -0.790. The molecule has 0 spiro atoms. The number of hydrogen-bond acceptors (Lipinski definition) is 1. The van der Waals surface area contributed by atoms with Gasteiger partial charge in [0.1, 0.15) is 0 Å². The summed E-state index contributed by atoms with van der Waals surface area (Å²) >= 11 is 0. The first-order valence-electron chi connectivity index (χ1n) is 10.7. The molecular formula is C23H37NO. The summed E-state index contributed by atoms with van der Waals surface area (Å²) in [6.45, 7) is 12.5. The molecule has 8 atom stereocenters. The number of rotatable bonds is 1. The SMILES string of the molecule is CC(C)[C@H]1CC[C@H]2[C@@H]3[C@@H](C)C[C@H]4N(C)C(=O)C=C[C@]4(C)[C@H]3CC[C@]12C. The summed E-state index contributed by atoms with van der Waals surface area (Å²) in [6, 6.07) is 0.396. The molecule has 0 aromatic rings. The van der Waals surface area contributed by atoms with E-state index in [0.29, 0.717) is 11.5 Å². The lowest BCUT2D eigenvalue weighted by molar-refractivity contribution is -0.145. The highest BCUT2D eigenvalue weighted by Crippen LogP contribution is 2.67. The molecule has 1 amide bonds. The molecule has 2 nitrogen and oxygen atoms in total. The Bertz CT molecular complexity index is 595. The average molecular weight is 344 g/mol. The van der Waals surface area contributed by atoms with Gasteiger partial charge in [0.05, 0.1) is 0 Å². The maximum absolute atomic E-state index is 12.2. The van der Waals surface area contributed by atoms with Gasteiger partial charge in [-0.25, -0.2) is 0 Å². The number of fused-ring (bicyclic) bond motifs is 5. The first-order chi connectivity index (χ1) is 11.7. The molecule has 3 aliphatic carbocycles. The quantitative estimate of drug-likeness (QED) is 0.645. The molecular weight excluding hydrogens is 306 g/mol. The van der Waals surface area contributed by atoms with Gasteiger partial charge in [-0.1, -0.05) is 40.7 Å². The Kier molecular flexibility index (Phi) is 3.95. The maximum Gasteiger partial charge on any atom is 0.246 e. The Morgan fingerprint density at radius 1 is 1.16 bits per heavy atom. The largest absolute Gasteiger partial charge is 0.338 e. The molecule has 140 valence electrons. The average Bonchev–Trinajstić information content (AvgIpc) is 2.91. The van der Waals surface area contributed by atoms with Crippen molar-refractivity contribution in [1.29, 1.82) is 0 Å². The highest BCUT2D eigenvalue weighted by atomic mass is 16.2. The van der Waals surface area contributed by atoms with Crippen molar-refractivity contribution in [2.45, 2.75) is 72.8 Å². The van der Waals surface area contributed by atoms with Crippen LogP contribution >= 0.6 is 0 Å². The third-order valence-electron chi connectivity index (χ3n) is 9.38. The molecule has 0 N–H and O–H groups in total. The van der Waals surface area contributed by atoms with Crippen molar-refractivity contribution in [2.75, 3.05) is 7.05 Å². The molecule has 4 aliphatic rings. The van der Waals surface area contributed by atoms with E-state index in [9.17, 15) is 4.79 Å². The van der Waals surface area contributed by atoms with E-state index in [1.54, 1.807) is 0 Å². The van der Waals surface area contributed by atoms with E-state index in [-0.39, 0.29) is 11.3 Å². The van der Waals surface area contributed by atoms with E-state index in [1.807, 2.05) is 18.0 Å². The molecule has 3 fully saturated rings. The van der Waals surface area contributed by atoms with Gasteiger partial charge in [0.15, 0.2) is 0 Å². The predicted molar refractivity (Wildman–Crippen MR) is 103 cm³/mol. The molecule has 1 heterocycles. The second-order valence-electron chi connectivity index (χ2n) is 10.6. The van der Waals surface area contributed by atoms with E-state index < -0.39 is 0 Å². The summed E-state index contributed by atoms with van der Waals surface area (Å²) < 4.78 is 0. The summed E-state index contributed by atoms with van der Waals surface area (Å²) in [5.74, 6) is 5.14. The summed E-state index contributed by atoms with van der Waals surface area (Å²) in [5.41, 5.74) is 0.726. The predicted octanol–water partition coefficient (Wildman–Crippen LogP) is 5.14. The normalized spacial score (nSPS) is 52.1. The summed E-state index contributed by atoms with van der Waals surface area (Å²) in [7, 11) is 2.03. The molecule has 0 aromatic carbocycles. The summed E-state index contributed by atoms with van der Waals surface area (Å²) in [5, 5.41) is 0. The highest BCUT2D eigenvalue weighted by Gasteiger charge is 2.62. The molecule has 4 rings (SSSR count). The standard InChI is InChI=1S/C23H37NO/c1-14(2)16-7-8-17-21-15(3)13-19-23(5,12-10-20(25)24(19)6)18(21)9-11-22(16,17)4/h10,12,14-19,21H,7-9,11,13H2,1-6H3/t15-,16+,17-,18-,19+,21-,22+,23+/m0/s1. The van der Waals surface area contributed by atoms with Crippen LogP contribution in [0.15, 0.2) is 12.2 Å². The lowest BCUT2D eigenvalue weighted by atomic mass is 9.45. The van der Waals surface area contributed by atoms with Crippen molar-refractivity contribution in [2.24, 2.45) is 46.3 Å². The Labute approximate surface area is 154 Å². The number of nitrogens with zero attached hydrogens (tertiary/aromatic N) is 1. The minimum Gasteiger partial charge on any atom is -0.338 e. The number of likely N-dealkylation sites (N-methyl/N-ethyl adjacent to an activating group) is 1. The molecule has 25 heavy (non-hydrogen) atoms. The van der Waals surface area contributed by atoms with Crippen molar-refractivity contribution in [3.63, 3.8) is 0 Å². The van der Waals surface area contributed by atoms with Crippen molar-refractivity contribution in [1.82, 2.24) is 4.90 Å². The van der Waals surface area contributed by atoms with Crippen LogP contribution < -0.4 is 0 Å². The lowest BCUT2D eigenvalue weighted by Gasteiger charge is -2.62. The Morgan fingerprint density at radius 3 is 2.56 bits per heavy atom. The van der Waals surface area contributed by atoms with Crippen LogP contribution in [-0.2, 0) is 4.79 Å². The zero-order valence-corrected chi connectivity index (χ0v) is 17.1. The highest BCUT2D eigenvalue weighted by molar-refractivity contribution is 5.89. The van der Waals surface area contributed by atoms with Crippen LogP contribution in [-0.4, -0.2) is 23.9 Å². The topological polar surface area (TPSA) is 20.3 Å². The monoisotopic (exact) mass is 343 g/mol. The molecule has 1 aliphatic heterocycles. The third-order valence-corrected chi connectivity index (χ3v) is 9.38. The zero-order chi connectivity index (χ0) is 18.1. The molecule has 2 heteroatoms. The Morgan fingerprint density at radius 2 is 1.88 bits per heavy atom. The maximum atomic E-state index is 12.2. The number of carbonyl (C=O) groups excluding carboxylic acids is 1. The molecule has 0 aromatic heterocycles. The van der Waals surface area contributed by atoms with E-state index in [1.165, 1.54) is 32.1 Å². The van der Waals surface area contributed by atoms with Crippen molar-refractivity contribution in [3.05, 3.63) is 12.2 Å². The van der Waals surface area contributed by atoms with Gasteiger partial charge in [-0.15, -0.1) is 0 Å². The molecule has 0 bridgehead atoms. The van der Waals surface area contributed by atoms with Gasteiger partial charge in [0, 0.05) is 18.5 Å². The van der Waals surface area contributed by atoms with Crippen LogP contribution in [0.2, 0.25) is 0 Å². The molecule has 3 saturated carbocycles. The first kappa shape index (κ1) is 17.6. The number of carbonyl (C=O) groups is 1. The van der Waals surface area contributed by atoms with Gasteiger partial charge in [-0.05, 0) is 79.1 Å². The van der Waals surface area contributed by atoms with Gasteiger partial charge in [-0.2, -0.15) is 0 Å². The number of amides is 1. The Balaban J connectivity index is 1.71. The van der Waals surface area contributed by atoms with Crippen LogP contribution in [0, 0.1) is 46.3 Å². The van der Waals surface area contributed by atoms with Gasteiger partial charge < -0.3 is 4.90 Å². The van der Waals surface area contributed by atoms with Crippen LogP contribution in [0.5, 0.6) is 0 Å². The van der Waals surface area contributed by atoms with Crippen LogP contribution in [0.4, 0.5) is 0 Å². The second-order valence-corrected chi connectivity index (χ2v) is 10.6. The van der Waals surface area contributed by atoms with E-state index in [0.717, 1.165) is 35.5 Å². The fourth-order valence-electron chi connectivity index (χ4n) is 8.19. The van der Waals surface area contributed by atoms with Gasteiger partial charge in [0.25, 0.3) is 0 Å². The van der Waals surface area contributed by atoms with E-state index in [4.69, 9.17) is 0 Å². The number of hydrogen-bond donors (Lipinski definition) is 0. The minimum atomic E-state index is 0.178. The van der Waals surface area contributed by atoms with Crippen LogP contribution in [0.1, 0.15) is 66.7 Å². The smallest absolute Gasteiger partial charge is 0.246 e. The van der Waals surface area contributed by atoms with E-state index in [2.05, 4.69) is 40.7 Å². The zero-order valence-electron chi connectivity index (χ0n) is 17.1. The summed E-state index contributed by atoms with van der Waals surface area (Å²) in [6.07, 6.45) is 11.0. The minimum absolute atomic E-state index is 0.178. The van der Waals surface area contributed by atoms with Gasteiger partial charge in [0.2, 0.25) is 5.91 Å². The van der Waals surface area contributed by atoms with Crippen LogP contribution in [0.3, 0.4) is 0 Å². The second kappa shape index (κ2) is 5.60. The van der Waals surface area contributed by atoms with Gasteiger partial charge in [-0.3, -0.25) is 4.79 Å². The lowest BCUT2D eigenvalue weighted by Crippen LogP contribution is -2.61. The third kappa shape index (κ3) is 2.24. The summed E-state index contributed by atoms with van der Waals surface area (Å²) in [4.78, 5) is 14.3. The molecule has 0 unspecified atom stereocenters. The first-order valence-corrected chi connectivity index (χ1v) is 10.7. The fourth-order valence-corrected chi connectivity index (χ4v) is 8.19. The van der Waals surface area contributed by atoms with Crippen molar-refractivity contribution >= 4 is 5.91 Å². The van der Waals surface area contributed by atoms with Crippen LogP contribution in [0.25, 0.3) is 0 Å². The molecule has 0 radical (unpaired) electrons. The van der Waals surface area contributed by atoms with Gasteiger partial charge >= 0.3 is 0 Å². The van der Waals surface area contributed by atoms with Crippen molar-refractivity contribution in [3.8, 4) is 0 Å². The fraction of sp³-hybridized carbons (Fsp3) is 0.870.